The first kappa shape index (κ1) is 51.7. The minimum absolute atomic E-state index is 0.0668. The molecule has 54 heavy (non-hydrogen) atoms. The molecule has 0 aliphatic heterocycles. The molecule has 0 aliphatic rings. The van der Waals surface area contributed by atoms with Crippen molar-refractivity contribution in [1.82, 2.24) is 5.32 Å². The first-order chi connectivity index (χ1) is 26.4. The fourth-order valence-electron chi connectivity index (χ4n) is 5.49. The molecule has 0 saturated heterocycles. The minimum atomic E-state index is -4.35. The quantitative estimate of drug-likeness (QED) is 0.0279. The van der Waals surface area contributed by atoms with Gasteiger partial charge in [-0.05, 0) is 77.0 Å². The first-order valence-electron chi connectivity index (χ1n) is 21.2. The number of hydrogen-bond acceptors (Lipinski definition) is 6. The fraction of sp³-hybridized carbons (Fsp3) is 0.667. The van der Waals surface area contributed by atoms with Gasteiger partial charge in [0.2, 0.25) is 5.91 Å². The third-order valence-corrected chi connectivity index (χ3v) is 9.67. The number of aliphatic hydroxyl groups excluding tert-OH is 1. The number of carbonyl (C=O) groups excluding carboxylic acids is 1. The Labute approximate surface area is 330 Å². The molecule has 0 heterocycles. The standard InChI is InChI=1S/C45H79N2O6P/c1-3-5-7-9-11-13-15-17-18-19-20-21-22-23-24-25-26-27-29-31-33-35-37-39-45(49)47-43(42-53-54(50,51)52-41-40-46)44(48)38-36-34-32-30-28-16-14-12-10-8-6-4-2/h5,7,10-13,17-18,20-21,28,30,36,38,43-44,48H,3-4,6,8-9,14-16,19,22-27,29,31-35,37,39-42,46H2,1-2H3,(H,47,49)(H,50,51)/b7-5-,12-10+,13-11-,18-17-,21-20-,30-28+,38-36+. The van der Waals surface area contributed by atoms with Crippen molar-refractivity contribution in [2.24, 2.45) is 5.73 Å². The average Bonchev–Trinajstić information content (AvgIpc) is 3.16. The number of unbranched alkanes of at least 4 members (excludes halogenated alkanes) is 14. The van der Waals surface area contributed by atoms with Gasteiger partial charge in [0.1, 0.15) is 0 Å². The highest BCUT2D eigenvalue weighted by atomic mass is 31.2. The van der Waals surface area contributed by atoms with Crippen LogP contribution in [0.15, 0.2) is 85.1 Å². The van der Waals surface area contributed by atoms with Crippen LogP contribution >= 0.6 is 7.82 Å². The molecule has 0 bridgehead atoms. The van der Waals surface area contributed by atoms with Gasteiger partial charge in [-0.25, -0.2) is 4.57 Å². The molecule has 0 fully saturated rings. The zero-order valence-corrected chi connectivity index (χ0v) is 35.1. The summed E-state index contributed by atoms with van der Waals surface area (Å²) in [5.41, 5.74) is 5.36. The topological polar surface area (TPSA) is 131 Å². The van der Waals surface area contributed by atoms with Gasteiger partial charge in [0.15, 0.2) is 0 Å². The van der Waals surface area contributed by atoms with E-state index in [1.54, 1.807) is 6.08 Å². The van der Waals surface area contributed by atoms with Gasteiger partial charge in [0.25, 0.3) is 0 Å². The molecular formula is C45H79N2O6P. The van der Waals surface area contributed by atoms with E-state index >= 15 is 0 Å². The summed E-state index contributed by atoms with van der Waals surface area (Å²) in [6, 6.07) is -0.889. The van der Waals surface area contributed by atoms with Crippen molar-refractivity contribution in [2.45, 2.75) is 174 Å². The Bertz CT molecular complexity index is 1110. The Morgan fingerprint density at radius 2 is 1.09 bits per heavy atom. The van der Waals surface area contributed by atoms with Gasteiger partial charge in [-0.3, -0.25) is 13.8 Å². The molecule has 0 rings (SSSR count). The summed E-state index contributed by atoms with van der Waals surface area (Å²) >= 11 is 0. The molecular weight excluding hydrogens is 695 g/mol. The summed E-state index contributed by atoms with van der Waals surface area (Å²) in [6.07, 6.45) is 53.5. The van der Waals surface area contributed by atoms with Crippen molar-refractivity contribution in [2.75, 3.05) is 19.8 Å². The predicted octanol–water partition coefficient (Wildman–Crippen LogP) is 11.8. The summed E-state index contributed by atoms with van der Waals surface area (Å²) in [5.74, 6) is -0.219. The summed E-state index contributed by atoms with van der Waals surface area (Å²) in [7, 11) is -4.35. The van der Waals surface area contributed by atoms with Crippen LogP contribution in [0.4, 0.5) is 0 Å². The Kier molecular flexibility index (Phi) is 38.6. The molecule has 5 N–H and O–H groups in total. The van der Waals surface area contributed by atoms with Gasteiger partial charge in [-0.1, -0.05) is 163 Å². The van der Waals surface area contributed by atoms with Crippen molar-refractivity contribution in [1.29, 1.82) is 0 Å². The Morgan fingerprint density at radius 3 is 1.65 bits per heavy atom. The molecule has 310 valence electrons. The van der Waals surface area contributed by atoms with Gasteiger partial charge in [-0.2, -0.15) is 0 Å². The largest absolute Gasteiger partial charge is 0.472 e. The zero-order chi connectivity index (χ0) is 39.6. The van der Waals surface area contributed by atoms with Crippen LogP contribution in [0.5, 0.6) is 0 Å². The lowest BCUT2D eigenvalue weighted by Gasteiger charge is -2.23. The molecule has 8 nitrogen and oxygen atoms in total. The van der Waals surface area contributed by atoms with Crippen LogP contribution in [0.2, 0.25) is 0 Å². The normalized spacial score (nSPS) is 15.0. The molecule has 3 atom stereocenters. The predicted molar refractivity (Wildman–Crippen MR) is 230 cm³/mol. The molecule has 0 spiro atoms. The van der Waals surface area contributed by atoms with E-state index < -0.39 is 20.0 Å². The lowest BCUT2D eigenvalue weighted by Crippen LogP contribution is -2.45. The van der Waals surface area contributed by atoms with E-state index in [1.165, 1.54) is 57.8 Å². The number of allylic oxidation sites excluding steroid dienone is 13. The second-order valence-corrected chi connectivity index (χ2v) is 15.2. The lowest BCUT2D eigenvalue weighted by atomic mass is 10.0. The fourth-order valence-corrected chi connectivity index (χ4v) is 6.25. The number of carbonyl (C=O) groups is 1. The van der Waals surface area contributed by atoms with Crippen molar-refractivity contribution in [3.63, 3.8) is 0 Å². The Hall–Kier alpha value is -2.32. The molecule has 0 aromatic rings. The maximum absolute atomic E-state index is 12.7. The van der Waals surface area contributed by atoms with Crippen molar-refractivity contribution >= 4 is 13.7 Å². The number of amides is 1. The first-order valence-corrected chi connectivity index (χ1v) is 22.7. The SMILES string of the molecule is CC/C=C\C/C=C\C/C=C\C/C=C\CCCCCCCCCCCCC(=O)NC(COP(=O)(O)OCCN)C(O)/C=C/CC/C=C/CC/C=C/CCCC. The lowest BCUT2D eigenvalue weighted by molar-refractivity contribution is -0.123. The van der Waals surface area contributed by atoms with E-state index in [-0.39, 0.29) is 25.7 Å². The van der Waals surface area contributed by atoms with Gasteiger partial charge < -0.3 is 21.1 Å². The third-order valence-electron chi connectivity index (χ3n) is 8.68. The van der Waals surface area contributed by atoms with Crippen molar-refractivity contribution < 1.29 is 28.4 Å². The number of nitrogens with one attached hydrogen (secondary N) is 1. The summed E-state index contributed by atoms with van der Waals surface area (Å²) in [6.45, 7) is 3.92. The molecule has 0 aliphatic carbocycles. The highest BCUT2D eigenvalue weighted by Gasteiger charge is 2.26. The van der Waals surface area contributed by atoms with E-state index in [4.69, 9.17) is 14.8 Å². The molecule has 0 radical (unpaired) electrons. The van der Waals surface area contributed by atoms with Crippen molar-refractivity contribution in [3.05, 3.63) is 85.1 Å². The highest BCUT2D eigenvalue weighted by molar-refractivity contribution is 7.47. The number of hydrogen-bond donors (Lipinski definition) is 4. The van der Waals surface area contributed by atoms with Crippen LogP contribution in [-0.4, -0.2) is 47.8 Å². The summed E-state index contributed by atoms with van der Waals surface area (Å²) in [5, 5.41) is 13.6. The van der Waals surface area contributed by atoms with Crippen LogP contribution in [0.25, 0.3) is 0 Å². The van der Waals surface area contributed by atoms with E-state index in [9.17, 15) is 19.4 Å². The molecule has 0 aromatic carbocycles. The molecule has 0 saturated carbocycles. The van der Waals surface area contributed by atoms with E-state index in [0.29, 0.717) is 6.42 Å². The smallest absolute Gasteiger partial charge is 0.387 e. The number of phosphoric ester groups is 1. The van der Waals surface area contributed by atoms with Crippen LogP contribution in [0.1, 0.15) is 162 Å². The summed E-state index contributed by atoms with van der Waals surface area (Å²) < 4.78 is 22.1. The second-order valence-electron chi connectivity index (χ2n) is 13.8. The maximum Gasteiger partial charge on any atom is 0.472 e. The van der Waals surface area contributed by atoms with Crippen LogP contribution in [0.3, 0.4) is 0 Å². The van der Waals surface area contributed by atoms with Gasteiger partial charge in [-0.15, -0.1) is 0 Å². The van der Waals surface area contributed by atoms with Crippen molar-refractivity contribution in [3.8, 4) is 0 Å². The van der Waals surface area contributed by atoms with Crippen LogP contribution in [-0.2, 0) is 18.4 Å². The minimum Gasteiger partial charge on any atom is -0.387 e. The molecule has 0 aromatic heterocycles. The Balaban J connectivity index is 4.20. The van der Waals surface area contributed by atoms with Gasteiger partial charge in [0.05, 0.1) is 25.4 Å². The van der Waals surface area contributed by atoms with Crippen LogP contribution in [0, 0.1) is 0 Å². The Morgan fingerprint density at radius 1 is 0.630 bits per heavy atom. The highest BCUT2D eigenvalue weighted by Crippen LogP contribution is 2.43. The second kappa shape index (κ2) is 40.3. The zero-order valence-electron chi connectivity index (χ0n) is 34.2. The number of aliphatic hydroxyl groups is 1. The van der Waals surface area contributed by atoms with Gasteiger partial charge >= 0.3 is 7.82 Å². The molecule has 9 heteroatoms. The molecule has 3 unspecified atom stereocenters. The average molecular weight is 775 g/mol. The summed E-state index contributed by atoms with van der Waals surface area (Å²) in [4.78, 5) is 22.7. The van der Waals surface area contributed by atoms with Crippen LogP contribution < -0.4 is 11.1 Å². The van der Waals surface area contributed by atoms with Gasteiger partial charge in [0, 0.05) is 13.0 Å². The maximum atomic E-state index is 12.7. The number of rotatable bonds is 38. The monoisotopic (exact) mass is 775 g/mol. The van der Waals surface area contributed by atoms with E-state index in [0.717, 1.165) is 83.5 Å². The third kappa shape index (κ3) is 38.0. The van der Waals surface area contributed by atoms with E-state index in [2.05, 4.69) is 92.1 Å². The van der Waals surface area contributed by atoms with E-state index in [1.807, 2.05) is 6.08 Å². The number of phosphoric acid groups is 1. The number of nitrogens with two attached hydrogens (primary N) is 1. The molecule has 1 amide bonds.